The molecule has 0 aliphatic carbocycles. The van der Waals surface area contributed by atoms with E-state index >= 15 is 0 Å². The van der Waals surface area contributed by atoms with Crippen LogP contribution in [0.2, 0.25) is 0 Å². The minimum Gasteiger partial charge on any atom is -0.493 e. The smallest absolute Gasteiger partial charge is 0.335 e. The summed E-state index contributed by atoms with van der Waals surface area (Å²) in [5, 5.41) is 8.98. The van der Waals surface area contributed by atoms with Crippen molar-refractivity contribution in [1.82, 2.24) is 0 Å². The van der Waals surface area contributed by atoms with E-state index in [9.17, 15) is 4.79 Å². The van der Waals surface area contributed by atoms with E-state index < -0.39 is 5.97 Å². The molecule has 130 valence electrons. The fourth-order valence-corrected chi connectivity index (χ4v) is 2.75. The molecule has 0 aromatic heterocycles. The van der Waals surface area contributed by atoms with Gasteiger partial charge in [0.15, 0.2) is 0 Å². The summed E-state index contributed by atoms with van der Waals surface area (Å²) in [4.78, 5) is 11.0. The highest BCUT2D eigenvalue weighted by Crippen LogP contribution is 2.32. The van der Waals surface area contributed by atoms with Gasteiger partial charge in [-0.15, -0.1) is 0 Å². The van der Waals surface area contributed by atoms with Crippen molar-refractivity contribution < 1.29 is 19.4 Å². The Balaban J connectivity index is 1.65. The van der Waals surface area contributed by atoms with Gasteiger partial charge in [-0.25, -0.2) is 4.79 Å². The van der Waals surface area contributed by atoms with Crippen LogP contribution in [0.3, 0.4) is 0 Å². The standard InChI is InChI=1S/C21H22O4/c1-3-21(12-24-13-21)14-25-19-10-8-18(9-11-19)17-6-4-16(5-7-17)15(2)20(22)23/h4-11H,2-3,12-14H2,1H3,(H,22,23). The molecule has 2 aromatic rings. The fourth-order valence-electron chi connectivity index (χ4n) is 2.75. The lowest BCUT2D eigenvalue weighted by Gasteiger charge is -2.40. The van der Waals surface area contributed by atoms with E-state index in [4.69, 9.17) is 14.6 Å². The average Bonchev–Trinajstić information content (AvgIpc) is 2.61. The summed E-state index contributed by atoms with van der Waals surface area (Å²) < 4.78 is 11.2. The number of ether oxygens (including phenoxy) is 2. The van der Waals surface area contributed by atoms with Gasteiger partial charge >= 0.3 is 5.97 Å². The van der Waals surface area contributed by atoms with Gasteiger partial charge in [0.2, 0.25) is 0 Å². The number of hydrogen-bond donors (Lipinski definition) is 1. The molecule has 0 saturated carbocycles. The lowest BCUT2D eigenvalue weighted by Crippen LogP contribution is -2.46. The topological polar surface area (TPSA) is 55.8 Å². The van der Waals surface area contributed by atoms with Crippen LogP contribution < -0.4 is 4.74 Å². The van der Waals surface area contributed by atoms with Gasteiger partial charge in [0.05, 0.1) is 30.8 Å². The Bertz CT molecular complexity index is 750. The molecule has 4 heteroatoms. The van der Waals surface area contributed by atoms with E-state index in [1.165, 1.54) is 0 Å². The van der Waals surface area contributed by atoms with Crippen molar-refractivity contribution in [2.24, 2.45) is 5.41 Å². The Labute approximate surface area is 147 Å². The van der Waals surface area contributed by atoms with E-state index in [2.05, 4.69) is 13.5 Å². The van der Waals surface area contributed by atoms with Crippen molar-refractivity contribution in [3.63, 3.8) is 0 Å². The van der Waals surface area contributed by atoms with Gasteiger partial charge in [-0.2, -0.15) is 0 Å². The highest BCUT2D eigenvalue weighted by molar-refractivity contribution is 6.14. The Morgan fingerprint density at radius 1 is 1.12 bits per heavy atom. The number of rotatable bonds is 7. The van der Waals surface area contributed by atoms with Gasteiger partial charge in [0.25, 0.3) is 0 Å². The van der Waals surface area contributed by atoms with Gasteiger partial charge in [-0.05, 0) is 35.2 Å². The second-order valence-electron chi connectivity index (χ2n) is 6.52. The molecule has 0 atom stereocenters. The quantitative estimate of drug-likeness (QED) is 0.767. The van der Waals surface area contributed by atoms with Crippen LogP contribution in [0.4, 0.5) is 0 Å². The zero-order chi connectivity index (χ0) is 17.9. The maximum absolute atomic E-state index is 11.0. The molecule has 1 aliphatic rings. The Morgan fingerprint density at radius 3 is 2.12 bits per heavy atom. The summed E-state index contributed by atoms with van der Waals surface area (Å²) in [6.07, 6.45) is 1.05. The summed E-state index contributed by atoms with van der Waals surface area (Å²) in [5.41, 5.74) is 2.95. The molecule has 3 rings (SSSR count). The summed E-state index contributed by atoms with van der Waals surface area (Å²) in [6, 6.07) is 15.3. The van der Waals surface area contributed by atoms with Crippen LogP contribution in [0.5, 0.6) is 5.75 Å². The molecule has 2 aromatic carbocycles. The van der Waals surface area contributed by atoms with E-state index in [0.717, 1.165) is 36.5 Å². The highest BCUT2D eigenvalue weighted by atomic mass is 16.5. The molecule has 0 unspecified atom stereocenters. The van der Waals surface area contributed by atoms with Crippen molar-refractivity contribution in [1.29, 1.82) is 0 Å². The molecule has 4 nitrogen and oxygen atoms in total. The first-order chi connectivity index (χ1) is 12.0. The molecular weight excluding hydrogens is 316 g/mol. The van der Waals surface area contributed by atoms with Crippen LogP contribution in [-0.2, 0) is 9.53 Å². The first-order valence-corrected chi connectivity index (χ1v) is 8.37. The number of benzene rings is 2. The second-order valence-corrected chi connectivity index (χ2v) is 6.52. The van der Waals surface area contributed by atoms with E-state index in [1.807, 2.05) is 36.4 Å². The van der Waals surface area contributed by atoms with Gasteiger partial charge in [0, 0.05) is 0 Å². The molecule has 0 radical (unpaired) electrons. The Hall–Kier alpha value is -2.59. The Morgan fingerprint density at radius 2 is 1.68 bits per heavy atom. The van der Waals surface area contributed by atoms with Gasteiger partial charge in [-0.1, -0.05) is 49.9 Å². The molecule has 1 N–H and O–H groups in total. The molecule has 0 bridgehead atoms. The third-order valence-electron chi connectivity index (χ3n) is 4.79. The van der Waals surface area contributed by atoms with Crippen LogP contribution in [0.1, 0.15) is 18.9 Å². The largest absolute Gasteiger partial charge is 0.493 e. The number of aliphatic carboxylic acids is 1. The number of carbonyl (C=O) groups is 1. The monoisotopic (exact) mass is 338 g/mol. The Kier molecular flexibility index (Phi) is 4.91. The number of hydrogen-bond acceptors (Lipinski definition) is 3. The SMILES string of the molecule is C=C(C(=O)O)c1ccc(-c2ccc(OCC3(CC)COC3)cc2)cc1. The lowest BCUT2D eigenvalue weighted by atomic mass is 9.84. The second kappa shape index (κ2) is 7.11. The normalized spacial score (nSPS) is 15.2. The van der Waals surface area contributed by atoms with Crippen LogP contribution in [-0.4, -0.2) is 30.9 Å². The van der Waals surface area contributed by atoms with Crippen LogP contribution in [0.15, 0.2) is 55.1 Å². The average molecular weight is 338 g/mol. The van der Waals surface area contributed by atoms with Crippen LogP contribution >= 0.6 is 0 Å². The number of carboxylic acid groups (broad SMARTS) is 1. The molecule has 1 fully saturated rings. The summed E-state index contributed by atoms with van der Waals surface area (Å²) in [7, 11) is 0. The minimum absolute atomic E-state index is 0.0973. The van der Waals surface area contributed by atoms with Crippen molar-refractivity contribution in [2.45, 2.75) is 13.3 Å². The molecule has 1 saturated heterocycles. The first kappa shape index (κ1) is 17.2. The third-order valence-corrected chi connectivity index (χ3v) is 4.79. The molecule has 25 heavy (non-hydrogen) atoms. The first-order valence-electron chi connectivity index (χ1n) is 8.37. The van der Waals surface area contributed by atoms with Crippen molar-refractivity contribution in [3.05, 3.63) is 60.7 Å². The maximum Gasteiger partial charge on any atom is 0.335 e. The zero-order valence-electron chi connectivity index (χ0n) is 14.3. The van der Waals surface area contributed by atoms with Crippen LogP contribution in [0, 0.1) is 5.41 Å². The van der Waals surface area contributed by atoms with Gasteiger partial charge in [-0.3, -0.25) is 0 Å². The minimum atomic E-state index is -1.00. The maximum atomic E-state index is 11.0. The van der Waals surface area contributed by atoms with E-state index in [-0.39, 0.29) is 11.0 Å². The number of carboxylic acids is 1. The van der Waals surface area contributed by atoms with E-state index in [1.54, 1.807) is 12.1 Å². The molecule has 1 aliphatic heterocycles. The molecule has 0 spiro atoms. The zero-order valence-corrected chi connectivity index (χ0v) is 14.3. The molecular formula is C21H22O4. The van der Waals surface area contributed by atoms with Gasteiger partial charge in [0.1, 0.15) is 5.75 Å². The molecule has 0 amide bonds. The summed E-state index contributed by atoms with van der Waals surface area (Å²) in [6.45, 7) is 7.96. The predicted octanol–water partition coefficient (Wildman–Crippen LogP) is 4.26. The molecule has 1 heterocycles. The van der Waals surface area contributed by atoms with Crippen molar-refractivity contribution in [3.8, 4) is 16.9 Å². The van der Waals surface area contributed by atoms with E-state index in [0.29, 0.717) is 12.2 Å². The predicted molar refractivity (Wildman–Crippen MR) is 97.6 cm³/mol. The fraction of sp³-hybridized carbons (Fsp3) is 0.286. The summed E-state index contributed by atoms with van der Waals surface area (Å²) in [5.74, 6) is -0.157. The van der Waals surface area contributed by atoms with Crippen LogP contribution in [0.25, 0.3) is 16.7 Å². The lowest BCUT2D eigenvalue weighted by molar-refractivity contribution is -0.133. The summed E-state index contributed by atoms with van der Waals surface area (Å²) >= 11 is 0. The third kappa shape index (κ3) is 3.74. The van der Waals surface area contributed by atoms with Gasteiger partial charge < -0.3 is 14.6 Å². The van der Waals surface area contributed by atoms with Crippen molar-refractivity contribution in [2.75, 3.05) is 19.8 Å². The highest BCUT2D eigenvalue weighted by Gasteiger charge is 2.37. The van der Waals surface area contributed by atoms with Crippen molar-refractivity contribution >= 4 is 11.5 Å².